The molecule has 1 aromatic carbocycles. The summed E-state index contributed by atoms with van der Waals surface area (Å²) in [5.74, 6) is 1.08. The maximum absolute atomic E-state index is 9.47. The lowest BCUT2D eigenvalue weighted by Gasteiger charge is -2.01. The Kier molecular flexibility index (Phi) is 1.99. The maximum Gasteiger partial charge on any atom is 0.198 e. The second-order valence-electron chi connectivity index (χ2n) is 4.18. The number of aliphatic hydroxyl groups excluding tert-OH is 1. The van der Waals surface area contributed by atoms with Crippen molar-refractivity contribution in [3.05, 3.63) is 30.2 Å². The van der Waals surface area contributed by atoms with Gasteiger partial charge < -0.3 is 9.52 Å². The molecule has 0 spiro atoms. The molecule has 2 aromatic rings. The quantitative estimate of drug-likeness (QED) is 0.774. The minimum Gasteiger partial charge on any atom is -0.440 e. The largest absolute Gasteiger partial charge is 0.440 e. The molecule has 0 bridgehead atoms. The third-order valence-corrected chi connectivity index (χ3v) is 3.06. The van der Waals surface area contributed by atoms with Crippen molar-refractivity contribution in [1.82, 2.24) is 4.98 Å². The summed E-state index contributed by atoms with van der Waals surface area (Å²) < 4.78 is 5.68. The fourth-order valence-electron chi connectivity index (χ4n) is 2.25. The lowest BCUT2D eigenvalue weighted by Crippen LogP contribution is -1.99. The molecule has 3 rings (SSSR count). The molecule has 1 saturated carbocycles. The molecule has 15 heavy (non-hydrogen) atoms. The van der Waals surface area contributed by atoms with Crippen molar-refractivity contribution in [3.63, 3.8) is 0 Å². The van der Waals surface area contributed by atoms with Gasteiger partial charge in [0.25, 0.3) is 0 Å². The number of oxazole rings is 1. The van der Waals surface area contributed by atoms with Crippen LogP contribution in [0, 0.1) is 0 Å². The Morgan fingerprint density at radius 1 is 1.27 bits per heavy atom. The third-order valence-electron chi connectivity index (χ3n) is 3.06. The van der Waals surface area contributed by atoms with Gasteiger partial charge >= 0.3 is 0 Å². The van der Waals surface area contributed by atoms with Crippen molar-refractivity contribution in [2.45, 2.75) is 31.3 Å². The summed E-state index contributed by atoms with van der Waals surface area (Å²) in [6, 6.07) is 7.78. The molecule has 1 aliphatic carbocycles. The van der Waals surface area contributed by atoms with E-state index in [1.807, 2.05) is 24.3 Å². The third kappa shape index (κ3) is 1.53. The Morgan fingerprint density at radius 2 is 2.13 bits per heavy atom. The molecule has 78 valence electrons. The lowest BCUT2D eigenvalue weighted by molar-refractivity contribution is 0.180. The van der Waals surface area contributed by atoms with Crippen LogP contribution < -0.4 is 0 Å². The van der Waals surface area contributed by atoms with Gasteiger partial charge in [0.2, 0.25) is 0 Å². The first-order valence-electron chi connectivity index (χ1n) is 5.36. The zero-order valence-corrected chi connectivity index (χ0v) is 8.39. The van der Waals surface area contributed by atoms with Crippen LogP contribution in [0.3, 0.4) is 0 Å². The summed E-state index contributed by atoms with van der Waals surface area (Å²) in [6.45, 7) is 0. The summed E-state index contributed by atoms with van der Waals surface area (Å²) in [4.78, 5) is 4.45. The summed E-state index contributed by atoms with van der Waals surface area (Å²) in [5, 5.41) is 9.47. The maximum atomic E-state index is 9.47. The van der Waals surface area contributed by atoms with Crippen molar-refractivity contribution in [2.24, 2.45) is 0 Å². The topological polar surface area (TPSA) is 46.3 Å². The number of aromatic nitrogens is 1. The van der Waals surface area contributed by atoms with Crippen LogP contribution in [0.4, 0.5) is 0 Å². The number of hydrogen-bond acceptors (Lipinski definition) is 3. The van der Waals surface area contributed by atoms with E-state index in [1.54, 1.807) is 0 Å². The second-order valence-corrected chi connectivity index (χ2v) is 4.18. The highest BCUT2D eigenvalue weighted by atomic mass is 16.3. The van der Waals surface area contributed by atoms with Crippen LogP contribution in [0.5, 0.6) is 0 Å². The van der Waals surface area contributed by atoms with Gasteiger partial charge in [0, 0.05) is 5.92 Å². The molecule has 0 saturated heterocycles. The fourth-order valence-corrected chi connectivity index (χ4v) is 2.25. The highest BCUT2D eigenvalue weighted by Gasteiger charge is 2.27. The molecular weight excluding hydrogens is 190 g/mol. The van der Waals surface area contributed by atoms with Crippen LogP contribution in [-0.4, -0.2) is 16.2 Å². The zero-order chi connectivity index (χ0) is 10.3. The molecule has 1 aromatic heterocycles. The van der Waals surface area contributed by atoms with Crippen LogP contribution in [0.2, 0.25) is 0 Å². The van der Waals surface area contributed by atoms with Gasteiger partial charge in [-0.05, 0) is 31.4 Å². The summed E-state index contributed by atoms with van der Waals surface area (Å²) >= 11 is 0. The predicted octanol–water partition coefficient (Wildman–Crippen LogP) is 2.46. The number of hydrogen-bond donors (Lipinski definition) is 1. The number of para-hydroxylation sites is 2. The van der Waals surface area contributed by atoms with Crippen molar-refractivity contribution < 1.29 is 9.52 Å². The van der Waals surface area contributed by atoms with E-state index in [9.17, 15) is 5.11 Å². The van der Waals surface area contributed by atoms with Crippen LogP contribution >= 0.6 is 0 Å². The first-order valence-corrected chi connectivity index (χ1v) is 5.36. The minimum absolute atomic E-state index is 0.176. The molecule has 0 aliphatic heterocycles. The Labute approximate surface area is 87.7 Å². The van der Waals surface area contributed by atoms with E-state index in [4.69, 9.17) is 4.42 Å². The number of nitrogens with zero attached hydrogens (tertiary/aromatic N) is 1. The first kappa shape index (κ1) is 8.92. The van der Waals surface area contributed by atoms with Gasteiger partial charge in [0.1, 0.15) is 5.52 Å². The molecule has 3 nitrogen and oxygen atoms in total. The molecule has 1 N–H and O–H groups in total. The minimum atomic E-state index is -0.176. The van der Waals surface area contributed by atoms with E-state index in [1.165, 1.54) is 0 Å². The number of aliphatic hydroxyl groups is 1. The molecule has 0 amide bonds. The normalized spacial score (nSPS) is 26.2. The summed E-state index contributed by atoms with van der Waals surface area (Å²) in [5.41, 5.74) is 1.75. The standard InChI is InChI=1S/C12H13NO2/c14-9-6-5-8(7-9)12-13-10-3-1-2-4-11(10)15-12/h1-4,8-9,14H,5-7H2/t8-,9+/m1/s1. The molecular formula is C12H13NO2. The van der Waals surface area contributed by atoms with E-state index in [0.717, 1.165) is 36.3 Å². The predicted molar refractivity (Wildman–Crippen MR) is 56.6 cm³/mol. The molecule has 1 aliphatic rings. The van der Waals surface area contributed by atoms with Gasteiger partial charge in [-0.3, -0.25) is 0 Å². The van der Waals surface area contributed by atoms with Crippen molar-refractivity contribution in [2.75, 3.05) is 0 Å². The van der Waals surface area contributed by atoms with Crippen molar-refractivity contribution in [3.8, 4) is 0 Å². The Hall–Kier alpha value is -1.35. The number of rotatable bonds is 1. The zero-order valence-electron chi connectivity index (χ0n) is 8.39. The highest BCUT2D eigenvalue weighted by Crippen LogP contribution is 2.35. The number of fused-ring (bicyclic) bond motifs is 1. The smallest absolute Gasteiger partial charge is 0.198 e. The monoisotopic (exact) mass is 203 g/mol. The van der Waals surface area contributed by atoms with E-state index in [-0.39, 0.29) is 6.10 Å². The highest BCUT2D eigenvalue weighted by molar-refractivity contribution is 5.72. The second kappa shape index (κ2) is 3.35. The van der Waals surface area contributed by atoms with Crippen molar-refractivity contribution >= 4 is 11.1 Å². The molecule has 0 radical (unpaired) electrons. The molecule has 0 unspecified atom stereocenters. The Morgan fingerprint density at radius 3 is 2.87 bits per heavy atom. The molecule has 1 fully saturated rings. The van der Waals surface area contributed by atoms with Crippen LogP contribution in [0.1, 0.15) is 31.1 Å². The Bertz CT molecular complexity index is 444. The summed E-state index contributed by atoms with van der Waals surface area (Å²) in [7, 11) is 0. The van der Waals surface area contributed by atoms with Gasteiger partial charge in [0.15, 0.2) is 11.5 Å². The van der Waals surface area contributed by atoms with E-state index in [2.05, 4.69) is 4.98 Å². The SMILES string of the molecule is O[C@H]1CC[C@@H](c2nc3ccccc3o2)C1. The van der Waals surface area contributed by atoms with E-state index in [0.29, 0.717) is 5.92 Å². The van der Waals surface area contributed by atoms with Crippen LogP contribution in [-0.2, 0) is 0 Å². The number of benzene rings is 1. The van der Waals surface area contributed by atoms with Gasteiger partial charge in [-0.2, -0.15) is 0 Å². The van der Waals surface area contributed by atoms with Gasteiger partial charge in [-0.1, -0.05) is 12.1 Å². The van der Waals surface area contributed by atoms with Gasteiger partial charge in [-0.15, -0.1) is 0 Å². The fraction of sp³-hybridized carbons (Fsp3) is 0.417. The van der Waals surface area contributed by atoms with Crippen molar-refractivity contribution in [1.29, 1.82) is 0 Å². The van der Waals surface area contributed by atoms with Crippen LogP contribution in [0.25, 0.3) is 11.1 Å². The summed E-state index contributed by atoms with van der Waals surface area (Å²) in [6.07, 6.45) is 2.45. The van der Waals surface area contributed by atoms with Crippen LogP contribution in [0.15, 0.2) is 28.7 Å². The molecule has 2 atom stereocenters. The van der Waals surface area contributed by atoms with E-state index < -0.39 is 0 Å². The first-order chi connectivity index (χ1) is 7.33. The van der Waals surface area contributed by atoms with Gasteiger partial charge in [0.05, 0.1) is 6.10 Å². The lowest BCUT2D eigenvalue weighted by atomic mass is 10.1. The Balaban J connectivity index is 1.98. The average Bonchev–Trinajstić information content (AvgIpc) is 2.82. The van der Waals surface area contributed by atoms with E-state index >= 15 is 0 Å². The molecule has 1 heterocycles. The molecule has 3 heteroatoms. The van der Waals surface area contributed by atoms with Gasteiger partial charge in [-0.25, -0.2) is 4.98 Å². The average molecular weight is 203 g/mol.